The quantitative estimate of drug-likeness (QED) is 0.925. The molecule has 0 bridgehead atoms. The van der Waals surface area contributed by atoms with Crippen molar-refractivity contribution in [3.8, 4) is 0 Å². The summed E-state index contributed by atoms with van der Waals surface area (Å²) < 4.78 is 13.7. The molecular formula is C16H20ClFN2O2. The van der Waals surface area contributed by atoms with Crippen LogP contribution in [0, 0.1) is 11.7 Å². The summed E-state index contributed by atoms with van der Waals surface area (Å²) in [7, 11) is 0. The largest absolute Gasteiger partial charge is 0.356 e. The van der Waals surface area contributed by atoms with Crippen molar-refractivity contribution in [2.75, 3.05) is 19.6 Å². The number of nitrogens with one attached hydrogen (secondary N) is 1. The second-order valence-corrected chi connectivity index (χ2v) is 5.92. The molecule has 0 atom stereocenters. The zero-order valence-corrected chi connectivity index (χ0v) is 13.3. The molecule has 22 heavy (non-hydrogen) atoms. The summed E-state index contributed by atoms with van der Waals surface area (Å²) in [5.74, 6) is -0.965. The van der Waals surface area contributed by atoms with Crippen molar-refractivity contribution in [1.29, 1.82) is 0 Å². The lowest BCUT2D eigenvalue weighted by Gasteiger charge is -2.31. The van der Waals surface area contributed by atoms with Crippen molar-refractivity contribution in [3.63, 3.8) is 0 Å². The fourth-order valence-corrected chi connectivity index (χ4v) is 2.74. The Balaban J connectivity index is 1.95. The third-order valence-corrected chi connectivity index (χ3v) is 4.10. The molecule has 1 aliphatic rings. The van der Waals surface area contributed by atoms with Gasteiger partial charge >= 0.3 is 0 Å². The predicted molar refractivity (Wildman–Crippen MR) is 83.3 cm³/mol. The second kappa shape index (κ2) is 7.58. The van der Waals surface area contributed by atoms with E-state index in [4.69, 9.17) is 11.6 Å². The van der Waals surface area contributed by atoms with E-state index in [1.165, 1.54) is 18.2 Å². The van der Waals surface area contributed by atoms with Crippen LogP contribution in [0.3, 0.4) is 0 Å². The Bertz CT molecular complexity index is 557. The molecule has 1 fully saturated rings. The summed E-state index contributed by atoms with van der Waals surface area (Å²) >= 11 is 5.82. The van der Waals surface area contributed by atoms with Crippen molar-refractivity contribution < 1.29 is 14.0 Å². The number of benzene rings is 1. The van der Waals surface area contributed by atoms with Gasteiger partial charge in [-0.05, 0) is 37.5 Å². The second-order valence-electron chi connectivity index (χ2n) is 5.48. The zero-order valence-electron chi connectivity index (χ0n) is 12.6. The Kier molecular flexibility index (Phi) is 5.77. The van der Waals surface area contributed by atoms with Crippen molar-refractivity contribution in [1.82, 2.24) is 10.2 Å². The molecule has 0 aromatic heterocycles. The minimum atomic E-state index is -0.572. The Morgan fingerprint density at radius 2 is 2.05 bits per heavy atom. The van der Waals surface area contributed by atoms with Crippen LogP contribution in [-0.2, 0) is 4.79 Å². The minimum absolute atomic E-state index is 0.0126. The van der Waals surface area contributed by atoms with Gasteiger partial charge in [-0.25, -0.2) is 4.39 Å². The topological polar surface area (TPSA) is 49.4 Å². The standard InChI is InChI=1S/C16H20ClFN2O2/c1-2-7-19-15(21)11-5-8-20(9-6-11)16(22)13-10-12(17)3-4-14(13)18/h3-4,10-11H,2,5-9H2,1H3,(H,19,21). The molecule has 0 unspecified atom stereocenters. The Morgan fingerprint density at radius 1 is 1.36 bits per heavy atom. The highest BCUT2D eigenvalue weighted by atomic mass is 35.5. The molecule has 2 amide bonds. The number of amides is 2. The minimum Gasteiger partial charge on any atom is -0.356 e. The van der Waals surface area contributed by atoms with Gasteiger partial charge in [-0.15, -0.1) is 0 Å². The van der Waals surface area contributed by atoms with Gasteiger partial charge in [-0.3, -0.25) is 9.59 Å². The maximum atomic E-state index is 13.7. The van der Waals surface area contributed by atoms with E-state index in [1.807, 2.05) is 6.92 Å². The fraction of sp³-hybridized carbons (Fsp3) is 0.500. The van der Waals surface area contributed by atoms with Crippen LogP contribution in [0.4, 0.5) is 4.39 Å². The van der Waals surface area contributed by atoms with Crippen molar-refractivity contribution in [3.05, 3.63) is 34.6 Å². The molecule has 1 N–H and O–H groups in total. The molecule has 0 aliphatic carbocycles. The summed E-state index contributed by atoms with van der Waals surface area (Å²) in [5, 5.41) is 3.21. The highest BCUT2D eigenvalue weighted by molar-refractivity contribution is 6.31. The lowest BCUT2D eigenvalue weighted by molar-refractivity contribution is -0.126. The highest BCUT2D eigenvalue weighted by Gasteiger charge is 2.28. The maximum absolute atomic E-state index is 13.7. The van der Waals surface area contributed by atoms with Crippen LogP contribution in [0.15, 0.2) is 18.2 Å². The van der Waals surface area contributed by atoms with Gasteiger partial charge in [0.05, 0.1) is 5.56 Å². The van der Waals surface area contributed by atoms with E-state index in [9.17, 15) is 14.0 Å². The van der Waals surface area contributed by atoms with Crippen LogP contribution >= 0.6 is 11.6 Å². The number of carbonyl (C=O) groups is 2. The molecule has 1 aromatic rings. The van der Waals surface area contributed by atoms with Gasteiger partial charge in [-0.1, -0.05) is 18.5 Å². The number of rotatable bonds is 4. The van der Waals surface area contributed by atoms with E-state index >= 15 is 0 Å². The average Bonchev–Trinajstić information content (AvgIpc) is 2.54. The number of halogens is 2. The van der Waals surface area contributed by atoms with Crippen molar-refractivity contribution in [2.24, 2.45) is 5.92 Å². The van der Waals surface area contributed by atoms with Crippen molar-refractivity contribution >= 4 is 23.4 Å². The molecule has 4 nitrogen and oxygen atoms in total. The van der Waals surface area contributed by atoms with Crippen LogP contribution < -0.4 is 5.32 Å². The third kappa shape index (κ3) is 3.97. The van der Waals surface area contributed by atoms with Crippen LogP contribution in [0.2, 0.25) is 5.02 Å². The van der Waals surface area contributed by atoms with Gasteiger partial charge in [0.15, 0.2) is 0 Å². The highest BCUT2D eigenvalue weighted by Crippen LogP contribution is 2.22. The number of hydrogen-bond acceptors (Lipinski definition) is 2. The average molecular weight is 327 g/mol. The molecule has 2 rings (SSSR count). The van der Waals surface area contributed by atoms with Gasteiger partial charge in [0.2, 0.25) is 5.91 Å². The van der Waals surface area contributed by atoms with E-state index in [2.05, 4.69) is 5.32 Å². The first kappa shape index (κ1) is 16.7. The van der Waals surface area contributed by atoms with Gasteiger partial charge in [0, 0.05) is 30.6 Å². The first-order chi connectivity index (χ1) is 10.5. The number of hydrogen-bond donors (Lipinski definition) is 1. The molecule has 0 radical (unpaired) electrons. The summed E-state index contributed by atoms with van der Waals surface area (Å²) in [6.45, 7) is 3.58. The van der Waals surface area contributed by atoms with Crippen LogP contribution in [0.25, 0.3) is 0 Å². The Hall–Kier alpha value is -1.62. The normalized spacial score (nSPS) is 15.7. The molecule has 6 heteroatoms. The van der Waals surface area contributed by atoms with Gasteiger partial charge in [-0.2, -0.15) is 0 Å². The smallest absolute Gasteiger partial charge is 0.256 e. The number of piperidine rings is 1. The first-order valence-corrected chi connectivity index (χ1v) is 7.92. The fourth-order valence-electron chi connectivity index (χ4n) is 2.57. The number of nitrogens with zero attached hydrogens (tertiary/aromatic N) is 1. The summed E-state index contributed by atoms with van der Waals surface area (Å²) in [4.78, 5) is 25.8. The van der Waals surface area contributed by atoms with E-state index in [-0.39, 0.29) is 23.3 Å². The number of likely N-dealkylation sites (tertiary alicyclic amines) is 1. The van der Waals surface area contributed by atoms with Crippen molar-refractivity contribution in [2.45, 2.75) is 26.2 Å². The van der Waals surface area contributed by atoms with E-state index in [0.29, 0.717) is 37.5 Å². The molecule has 0 saturated carbocycles. The molecule has 1 aliphatic heterocycles. The number of carbonyl (C=O) groups excluding carboxylic acids is 2. The Labute approximate surface area is 134 Å². The molecule has 1 heterocycles. The molecular weight excluding hydrogens is 307 g/mol. The van der Waals surface area contributed by atoms with Gasteiger partial charge in [0.25, 0.3) is 5.91 Å². The van der Waals surface area contributed by atoms with Crippen LogP contribution in [-0.4, -0.2) is 36.3 Å². The molecule has 1 saturated heterocycles. The lowest BCUT2D eigenvalue weighted by atomic mass is 9.95. The SMILES string of the molecule is CCCNC(=O)C1CCN(C(=O)c2cc(Cl)ccc2F)CC1. The lowest BCUT2D eigenvalue weighted by Crippen LogP contribution is -2.43. The van der Waals surface area contributed by atoms with Crippen LogP contribution in [0.1, 0.15) is 36.5 Å². The third-order valence-electron chi connectivity index (χ3n) is 3.86. The Morgan fingerprint density at radius 3 is 2.68 bits per heavy atom. The van der Waals surface area contributed by atoms with E-state index < -0.39 is 5.82 Å². The van der Waals surface area contributed by atoms with E-state index in [1.54, 1.807) is 4.90 Å². The first-order valence-electron chi connectivity index (χ1n) is 7.55. The monoisotopic (exact) mass is 326 g/mol. The molecule has 120 valence electrons. The van der Waals surface area contributed by atoms with Gasteiger partial charge in [0.1, 0.15) is 5.82 Å². The summed E-state index contributed by atoms with van der Waals surface area (Å²) in [6.07, 6.45) is 2.10. The van der Waals surface area contributed by atoms with Gasteiger partial charge < -0.3 is 10.2 Å². The van der Waals surface area contributed by atoms with Crippen LogP contribution in [0.5, 0.6) is 0 Å². The molecule has 1 aromatic carbocycles. The zero-order chi connectivity index (χ0) is 16.1. The summed E-state index contributed by atoms with van der Waals surface area (Å²) in [5.41, 5.74) is -0.0126. The summed E-state index contributed by atoms with van der Waals surface area (Å²) in [6, 6.07) is 3.96. The molecule has 0 spiro atoms. The predicted octanol–water partition coefficient (Wildman–Crippen LogP) is 2.86. The van der Waals surface area contributed by atoms with E-state index in [0.717, 1.165) is 6.42 Å². The maximum Gasteiger partial charge on any atom is 0.256 e.